The molecular weight excluding hydrogens is 388 g/mol. The van der Waals surface area contributed by atoms with Crippen LogP contribution in [0.5, 0.6) is 0 Å². The summed E-state index contributed by atoms with van der Waals surface area (Å²) in [4.78, 5) is 13.6. The predicted molar refractivity (Wildman–Crippen MR) is 118 cm³/mol. The summed E-state index contributed by atoms with van der Waals surface area (Å²) in [5, 5.41) is 0.311. The van der Waals surface area contributed by atoms with Crippen LogP contribution in [0.4, 0.5) is 0 Å². The van der Waals surface area contributed by atoms with E-state index in [1.807, 2.05) is 6.07 Å². The molecule has 1 aromatic carbocycles. The van der Waals surface area contributed by atoms with Crippen LogP contribution in [0, 0.1) is 17.8 Å². The second-order valence-corrected chi connectivity index (χ2v) is 9.81. The first-order valence-electron chi connectivity index (χ1n) is 10.4. The van der Waals surface area contributed by atoms with E-state index in [0.29, 0.717) is 16.2 Å². The zero-order chi connectivity index (χ0) is 19.9. The fourth-order valence-corrected chi connectivity index (χ4v) is 6.27. The Morgan fingerprint density at radius 2 is 1.79 bits per heavy atom. The third kappa shape index (κ3) is 5.61. The quantitative estimate of drug-likeness (QED) is 0.332. The third-order valence-electron chi connectivity index (χ3n) is 6.20. The van der Waals surface area contributed by atoms with Crippen molar-refractivity contribution in [2.45, 2.75) is 57.2 Å². The molecule has 4 heteroatoms. The number of alkyl halides is 1. The van der Waals surface area contributed by atoms with Crippen molar-refractivity contribution < 1.29 is 9.53 Å². The second-order valence-electron chi connectivity index (χ2n) is 8.08. The van der Waals surface area contributed by atoms with E-state index in [2.05, 4.69) is 43.3 Å². The fraction of sp³-hybridized carbons (Fsp3) is 0.542. The highest BCUT2D eigenvalue weighted by molar-refractivity contribution is 7.13. The number of aryl methyl sites for hydroxylation is 2. The highest BCUT2D eigenvalue weighted by Crippen LogP contribution is 2.45. The summed E-state index contributed by atoms with van der Waals surface area (Å²) in [6, 6.07) is 14.7. The number of carbonyl (C=O) groups is 1. The molecule has 3 rings (SSSR count). The molecule has 1 aromatic heterocycles. The van der Waals surface area contributed by atoms with Gasteiger partial charge in [-0.1, -0.05) is 37.3 Å². The number of methoxy groups -OCH3 is 1. The molecule has 2 nitrogen and oxygen atoms in total. The lowest BCUT2D eigenvalue weighted by molar-refractivity contribution is 0.0606. The summed E-state index contributed by atoms with van der Waals surface area (Å²) in [6.45, 7) is 2.38. The van der Waals surface area contributed by atoms with Gasteiger partial charge in [-0.05, 0) is 80.4 Å². The van der Waals surface area contributed by atoms with E-state index in [4.69, 9.17) is 16.3 Å². The minimum Gasteiger partial charge on any atom is -0.465 e. The lowest BCUT2D eigenvalue weighted by atomic mass is 9.83. The van der Waals surface area contributed by atoms with Crippen LogP contribution < -0.4 is 0 Å². The van der Waals surface area contributed by atoms with Crippen LogP contribution in [-0.2, 0) is 17.6 Å². The lowest BCUT2D eigenvalue weighted by Crippen LogP contribution is -2.18. The number of benzene rings is 1. The zero-order valence-electron chi connectivity index (χ0n) is 16.9. The van der Waals surface area contributed by atoms with Crippen LogP contribution in [0.15, 0.2) is 42.5 Å². The van der Waals surface area contributed by atoms with Gasteiger partial charge in [0.25, 0.3) is 0 Å². The van der Waals surface area contributed by atoms with Crippen LogP contribution in [0.1, 0.15) is 59.1 Å². The van der Waals surface area contributed by atoms with Crippen molar-refractivity contribution in [3.8, 4) is 0 Å². The van der Waals surface area contributed by atoms with Crippen molar-refractivity contribution in [3.63, 3.8) is 0 Å². The summed E-state index contributed by atoms with van der Waals surface area (Å²) in [6.07, 6.45) is 8.16. The molecule has 152 valence electrons. The van der Waals surface area contributed by atoms with Crippen molar-refractivity contribution in [2.75, 3.05) is 7.11 Å². The Bertz CT molecular complexity index is 742. The van der Waals surface area contributed by atoms with Crippen LogP contribution >= 0.6 is 22.9 Å². The van der Waals surface area contributed by atoms with Crippen molar-refractivity contribution in [1.82, 2.24) is 0 Å². The van der Waals surface area contributed by atoms with E-state index in [1.165, 1.54) is 36.8 Å². The molecule has 0 amide bonds. The van der Waals surface area contributed by atoms with Gasteiger partial charge in [0, 0.05) is 10.3 Å². The molecule has 1 saturated carbocycles. The van der Waals surface area contributed by atoms with Gasteiger partial charge in [-0.15, -0.1) is 22.9 Å². The van der Waals surface area contributed by atoms with E-state index >= 15 is 0 Å². The molecule has 0 spiro atoms. The highest BCUT2D eigenvalue weighted by Gasteiger charge is 2.38. The number of hydrogen-bond donors (Lipinski definition) is 0. The van der Waals surface area contributed by atoms with Gasteiger partial charge in [-0.2, -0.15) is 0 Å². The number of carbonyl (C=O) groups excluding carboxylic acids is 1. The van der Waals surface area contributed by atoms with Gasteiger partial charge in [0.05, 0.1) is 7.11 Å². The first-order chi connectivity index (χ1) is 13.6. The number of rotatable bonds is 9. The number of esters is 1. The van der Waals surface area contributed by atoms with Crippen LogP contribution in [0.3, 0.4) is 0 Å². The monoisotopic (exact) mass is 418 g/mol. The van der Waals surface area contributed by atoms with Crippen LogP contribution in [-0.4, -0.2) is 18.5 Å². The first-order valence-corrected chi connectivity index (χ1v) is 11.7. The molecule has 0 unspecified atom stereocenters. The van der Waals surface area contributed by atoms with Crippen LogP contribution in [0.25, 0.3) is 0 Å². The average molecular weight is 419 g/mol. The number of halogens is 1. The molecule has 28 heavy (non-hydrogen) atoms. The van der Waals surface area contributed by atoms with Crippen molar-refractivity contribution in [3.05, 3.63) is 57.8 Å². The molecule has 0 N–H and O–H groups in total. The molecule has 1 fully saturated rings. The number of hydrogen-bond acceptors (Lipinski definition) is 3. The van der Waals surface area contributed by atoms with Gasteiger partial charge in [0.1, 0.15) is 4.88 Å². The van der Waals surface area contributed by atoms with E-state index in [9.17, 15) is 4.79 Å². The fourth-order valence-electron chi connectivity index (χ4n) is 4.71. The normalized spacial score (nSPS) is 24.4. The smallest absolute Gasteiger partial charge is 0.348 e. The maximum absolute atomic E-state index is 11.6. The summed E-state index contributed by atoms with van der Waals surface area (Å²) in [5.41, 5.74) is 1.44. The van der Waals surface area contributed by atoms with Gasteiger partial charge in [-0.3, -0.25) is 0 Å². The van der Waals surface area contributed by atoms with Gasteiger partial charge in [0.15, 0.2) is 0 Å². The third-order valence-corrected chi connectivity index (χ3v) is 7.82. The Morgan fingerprint density at radius 3 is 2.54 bits per heavy atom. The number of thiophene rings is 1. The average Bonchev–Trinajstić information content (AvgIpc) is 3.27. The summed E-state index contributed by atoms with van der Waals surface area (Å²) >= 11 is 8.31. The zero-order valence-corrected chi connectivity index (χ0v) is 18.5. The minimum absolute atomic E-state index is 0.236. The Balaban J connectivity index is 1.48. The van der Waals surface area contributed by atoms with Gasteiger partial charge in [-0.25, -0.2) is 4.79 Å². The molecule has 0 bridgehead atoms. The van der Waals surface area contributed by atoms with Crippen molar-refractivity contribution in [2.24, 2.45) is 17.8 Å². The Kier molecular flexibility index (Phi) is 7.99. The molecule has 2 aromatic rings. The van der Waals surface area contributed by atoms with E-state index < -0.39 is 0 Å². The second kappa shape index (κ2) is 10.5. The largest absolute Gasteiger partial charge is 0.465 e. The maximum Gasteiger partial charge on any atom is 0.348 e. The van der Waals surface area contributed by atoms with Crippen LogP contribution in [0.2, 0.25) is 0 Å². The Hall–Kier alpha value is -1.32. The SMILES string of the molecule is COC(=O)c1ccc(CCC[C@@H]2[C@@H](CCCc3ccccc3)[C@H](C)C[C@H]2Cl)s1. The van der Waals surface area contributed by atoms with Crippen molar-refractivity contribution >= 4 is 28.9 Å². The molecule has 0 aliphatic heterocycles. The molecule has 1 aliphatic rings. The predicted octanol–water partition coefficient (Wildman–Crippen LogP) is 6.76. The van der Waals surface area contributed by atoms with Gasteiger partial charge in [0.2, 0.25) is 0 Å². The maximum atomic E-state index is 11.6. The summed E-state index contributed by atoms with van der Waals surface area (Å²) in [7, 11) is 1.43. The summed E-state index contributed by atoms with van der Waals surface area (Å²) in [5.74, 6) is 1.84. The van der Waals surface area contributed by atoms with Gasteiger partial charge >= 0.3 is 5.97 Å². The van der Waals surface area contributed by atoms with E-state index in [1.54, 1.807) is 11.3 Å². The first kappa shape index (κ1) is 21.4. The molecule has 4 atom stereocenters. The standard InChI is InChI=1S/C24H31ClO2S/c1-17-16-22(25)21(20(17)12-6-10-18-8-4-3-5-9-18)13-7-11-19-14-15-23(28-19)24(26)27-2/h3-5,8-9,14-15,17,20-22H,6-7,10-13,16H2,1-2H3/t17-,20+,21-,22-/m1/s1. The highest BCUT2D eigenvalue weighted by atomic mass is 35.5. The van der Waals surface area contributed by atoms with Crippen molar-refractivity contribution in [1.29, 1.82) is 0 Å². The molecule has 0 radical (unpaired) electrons. The number of ether oxygens (including phenoxy) is 1. The molecule has 1 heterocycles. The Labute approximate surface area is 178 Å². The molecular formula is C24H31ClO2S. The van der Waals surface area contributed by atoms with Gasteiger partial charge < -0.3 is 4.74 Å². The van der Waals surface area contributed by atoms with E-state index in [-0.39, 0.29) is 5.97 Å². The Morgan fingerprint density at radius 1 is 1.07 bits per heavy atom. The lowest BCUT2D eigenvalue weighted by Gasteiger charge is -2.24. The van der Waals surface area contributed by atoms with E-state index in [0.717, 1.165) is 37.5 Å². The molecule has 1 aliphatic carbocycles. The topological polar surface area (TPSA) is 26.3 Å². The summed E-state index contributed by atoms with van der Waals surface area (Å²) < 4.78 is 4.80. The molecule has 0 saturated heterocycles. The minimum atomic E-state index is -0.236.